The number of aromatic nitrogens is 1. The molecule has 2 amide bonds. The third kappa shape index (κ3) is 6.98. The number of fused-ring (bicyclic) bond motifs is 1. The maximum atomic E-state index is 13.5. The van der Waals surface area contributed by atoms with Crippen LogP contribution in [-0.2, 0) is 13.0 Å². The van der Waals surface area contributed by atoms with Gasteiger partial charge in [-0.15, -0.1) is 0 Å². The van der Waals surface area contributed by atoms with Crippen LogP contribution in [-0.4, -0.2) is 35.3 Å². The van der Waals surface area contributed by atoms with E-state index in [-0.39, 0.29) is 11.8 Å². The fourth-order valence-electron chi connectivity index (χ4n) is 4.48. The van der Waals surface area contributed by atoms with Gasteiger partial charge in [0, 0.05) is 30.4 Å². The summed E-state index contributed by atoms with van der Waals surface area (Å²) in [6, 6.07) is 27.6. The minimum atomic E-state index is -0.851. The van der Waals surface area contributed by atoms with Crippen LogP contribution in [0, 0.1) is 11.6 Å². The molecule has 8 heteroatoms. The smallest absolute Gasteiger partial charge is 0.257 e. The molecule has 0 saturated heterocycles. The normalized spacial score (nSPS) is 11.0. The van der Waals surface area contributed by atoms with Crippen molar-refractivity contribution in [3.8, 4) is 0 Å². The van der Waals surface area contributed by atoms with Gasteiger partial charge in [0.05, 0.1) is 22.3 Å². The molecule has 0 bridgehead atoms. The summed E-state index contributed by atoms with van der Waals surface area (Å²) in [6.07, 6.45) is 2.26. The first kappa shape index (κ1) is 27.6. The van der Waals surface area contributed by atoms with Crippen LogP contribution in [0.2, 0.25) is 0 Å². The van der Waals surface area contributed by atoms with Crippen molar-refractivity contribution in [2.45, 2.75) is 13.0 Å². The molecule has 0 radical (unpaired) electrons. The van der Waals surface area contributed by atoms with Crippen molar-refractivity contribution in [2.24, 2.45) is 0 Å². The highest BCUT2D eigenvalue weighted by atomic mass is 19.2. The summed E-state index contributed by atoms with van der Waals surface area (Å²) in [7, 11) is 1.92. The highest BCUT2D eigenvalue weighted by Gasteiger charge is 2.15. The Balaban J connectivity index is 1.18. The summed E-state index contributed by atoms with van der Waals surface area (Å²) in [5.74, 6) is -2.41. The summed E-state index contributed by atoms with van der Waals surface area (Å²) in [6.45, 7) is 1.21. The number of carbonyl (C=O) groups is 2. The van der Waals surface area contributed by atoms with Gasteiger partial charge in [-0.3, -0.25) is 14.6 Å². The van der Waals surface area contributed by atoms with Gasteiger partial charge in [-0.05, 0) is 73.1 Å². The van der Waals surface area contributed by atoms with E-state index < -0.39 is 11.6 Å². The minimum absolute atomic E-state index is 0.331. The van der Waals surface area contributed by atoms with Gasteiger partial charge < -0.3 is 15.5 Å². The molecule has 1 heterocycles. The number of amides is 2. The van der Waals surface area contributed by atoms with Crippen molar-refractivity contribution >= 4 is 34.1 Å². The number of para-hydroxylation sites is 2. The van der Waals surface area contributed by atoms with Crippen LogP contribution in [0.1, 0.15) is 31.8 Å². The lowest BCUT2D eigenvalue weighted by Crippen LogP contribution is -2.21. The zero-order chi connectivity index (χ0) is 28.8. The molecular weight excluding hydrogens is 522 g/mol. The van der Waals surface area contributed by atoms with Gasteiger partial charge in [0.2, 0.25) is 0 Å². The number of anilines is 2. The first-order valence-electron chi connectivity index (χ1n) is 13.1. The van der Waals surface area contributed by atoms with E-state index in [1.165, 1.54) is 12.3 Å². The number of hydrogen-bond acceptors (Lipinski definition) is 4. The van der Waals surface area contributed by atoms with Gasteiger partial charge >= 0.3 is 0 Å². The third-order valence-electron chi connectivity index (χ3n) is 6.70. The SMILES string of the molecule is CN(CCc1ccc(NC(=O)c2ccccc2NC(=O)c2cnc3ccccc3c2)cc1)Cc1ccc(F)c(F)c1. The maximum Gasteiger partial charge on any atom is 0.257 e. The first-order valence-corrected chi connectivity index (χ1v) is 13.1. The Kier molecular flexibility index (Phi) is 8.41. The second kappa shape index (κ2) is 12.5. The summed E-state index contributed by atoms with van der Waals surface area (Å²) in [5, 5.41) is 6.58. The van der Waals surface area contributed by atoms with Gasteiger partial charge in [-0.25, -0.2) is 8.78 Å². The molecule has 0 spiro atoms. The predicted molar refractivity (Wildman–Crippen MR) is 157 cm³/mol. The molecule has 2 N–H and O–H groups in total. The fraction of sp³-hybridized carbons (Fsp3) is 0.121. The van der Waals surface area contributed by atoms with Crippen molar-refractivity contribution in [3.05, 3.63) is 137 Å². The molecule has 4 aromatic carbocycles. The lowest BCUT2D eigenvalue weighted by molar-refractivity contribution is 0.102. The standard InChI is InChI=1S/C33H28F2N4O2/c1-39(21-23-12-15-28(34)29(35)18-23)17-16-22-10-13-26(14-11-22)37-33(41)27-7-3-5-9-31(27)38-32(40)25-19-24-6-2-4-8-30(24)36-20-25/h2-15,18-20H,16-17,21H2,1H3,(H,37,41)(H,38,40). The van der Waals surface area contributed by atoms with Gasteiger partial charge in [0.25, 0.3) is 11.8 Å². The molecule has 0 saturated carbocycles. The van der Waals surface area contributed by atoms with Crippen LogP contribution in [0.15, 0.2) is 103 Å². The zero-order valence-electron chi connectivity index (χ0n) is 22.4. The van der Waals surface area contributed by atoms with Gasteiger partial charge in [0.1, 0.15) is 0 Å². The second-order valence-corrected chi connectivity index (χ2v) is 9.80. The molecule has 5 rings (SSSR count). The van der Waals surface area contributed by atoms with Crippen molar-refractivity contribution < 1.29 is 18.4 Å². The molecular formula is C33H28F2N4O2. The van der Waals surface area contributed by atoms with Crippen LogP contribution in [0.3, 0.4) is 0 Å². The summed E-state index contributed by atoms with van der Waals surface area (Å²) in [4.78, 5) is 32.4. The predicted octanol–water partition coefficient (Wildman–Crippen LogP) is 6.69. The number of benzene rings is 4. The molecule has 206 valence electrons. The molecule has 41 heavy (non-hydrogen) atoms. The molecule has 0 aliphatic heterocycles. The molecule has 0 fully saturated rings. The van der Waals surface area contributed by atoms with E-state index in [1.54, 1.807) is 36.4 Å². The molecule has 0 unspecified atom stereocenters. The van der Waals surface area contributed by atoms with E-state index in [0.29, 0.717) is 41.2 Å². The number of pyridine rings is 1. The Morgan fingerprint density at radius 2 is 1.51 bits per heavy atom. The molecule has 0 atom stereocenters. The second-order valence-electron chi connectivity index (χ2n) is 9.80. The number of halogens is 2. The molecule has 6 nitrogen and oxygen atoms in total. The summed E-state index contributed by atoms with van der Waals surface area (Å²) >= 11 is 0. The topological polar surface area (TPSA) is 74.3 Å². The van der Waals surface area contributed by atoms with E-state index in [9.17, 15) is 18.4 Å². The molecule has 0 aliphatic carbocycles. The Morgan fingerprint density at radius 3 is 2.32 bits per heavy atom. The number of carbonyl (C=O) groups excluding carboxylic acids is 2. The van der Waals surface area contributed by atoms with Crippen LogP contribution < -0.4 is 10.6 Å². The number of nitrogens with zero attached hydrogens (tertiary/aromatic N) is 2. The number of nitrogens with one attached hydrogen (secondary N) is 2. The Morgan fingerprint density at radius 1 is 0.780 bits per heavy atom. The Labute approximate surface area is 236 Å². The van der Waals surface area contributed by atoms with Gasteiger partial charge in [0.15, 0.2) is 11.6 Å². The van der Waals surface area contributed by atoms with Gasteiger partial charge in [-0.2, -0.15) is 0 Å². The van der Waals surface area contributed by atoms with E-state index in [4.69, 9.17) is 0 Å². The maximum absolute atomic E-state index is 13.5. The minimum Gasteiger partial charge on any atom is -0.322 e. The van der Waals surface area contributed by atoms with Crippen LogP contribution in [0.25, 0.3) is 10.9 Å². The van der Waals surface area contributed by atoms with Crippen molar-refractivity contribution in [2.75, 3.05) is 24.2 Å². The van der Waals surface area contributed by atoms with Crippen molar-refractivity contribution in [1.29, 1.82) is 0 Å². The average molecular weight is 551 g/mol. The van der Waals surface area contributed by atoms with Gasteiger partial charge in [-0.1, -0.05) is 48.5 Å². The number of hydrogen-bond donors (Lipinski definition) is 2. The Hall–Kier alpha value is -4.95. The van der Waals surface area contributed by atoms with E-state index >= 15 is 0 Å². The monoisotopic (exact) mass is 550 g/mol. The Bertz CT molecular complexity index is 1710. The fourth-order valence-corrected chi connectivity index (χ4v) is 4.48. The largest absolute Gasteiger partial charge is 0.322 e. The van der Waals surface area contributed by atoms with E-state index in [2.05, 4.69) is 15.6 Å². The van der Waals surface area contributed by atoms with Crippen LogP contribution in [0.4, 0.5) is 20.2 Å². The lowest BCUT2D eigenvalue weighted by atomic mass is 10.1. The zero-order valence-corrected chi connectivity index (χ0v) is 22.4. The number of likely N-dealkylation sites (N-methyl/N-ethyl adjacent to an activating group) is 1. The summed E-state index contributed by atoms with van der Waals surface area (Å²) < 4.78 is 26.6. The third-order valence-corrected chi connectivity index (χ3v) is 6.70. The molecule has 5 aromatic rings. The molecule has 0 aliphatic rings. The highest BCUT2D eigenvalue weighted by Crippen LogP contribution is 2.20. The van der Waals surface area contributed by atoms with Crippen molar-refractivity contribution in [1.82, 2.24) is 9.88 Å². The number of rotatable bonds is 9. The summed E-state index contributed by atoms with van der Waals surface area (Å²) in [5.41, 5.74) is 4.30. The molecule has 1 aromatic heterocycles. The van der Waals surface area contributed by atoms with E-state index in [1.807, 2.05) is 60.5 Å². The lowest BCUT2D eigenvalue weighted by Gasteiger charge is -2.17. The average Bonchev–Trinajstić information content (AvgIpc) is 2.98. The van der Waals surface area contributed by atoms with Crippen LogP contribution in [0.5, 0.6) is 0 Å². The quantitative estimate of drug-likeness (QED) is 0.214. The first-order chi connectivity index (χ1) is 19.9. The highest BCUT2D eigenvalue weighted by molar-refractivity contribution is 6.12. The van der Waals surface area contributed by atoms with Crippen LogP contribution >= 0.6 is 0 Å². The van der Waals surface area contributed by atoms with Crippen molar-refractivity contribution in [3.63, 3.8) is 0 Å². The van der Waals surface area contributed by atoms with E-state index in [0.717, 1.165) is 29.0 Å².